The van der Waals surface area contributed by atoms with Crippen LogP contribution in [0.2, 0.25) is 0 Å². The first-order chi connectivity index (χ1) is 11.0. The van der Waals surface area contributed by atoms with Gasteiger partial charge < -0.3 is 0 Å². The molecule has 23 heavy (non-hydrogen) atoms. The Morgan fingerprint density at radius 3 is 2.52 bits per heavy atom. The van der Waals surface area contributed by atoms with Crippen molar-refractivity contribution in [1.29, 1.82) is 0 Å². The predicted molar refractivity (Wildman–Crippen MR) is 96.4 cm³/mol. The molecule has 1 aliphatic heterocycles. The van der Waals surface area contributed by atoms with Gasteiger partial charge >= 0.3 is 0 Å². The second-order valence-corrected chi connectivity index (χ2v) is 6.90. The first kappa shape index (κ1) is 15.6. The minimum absolute atomic E-state index is 0.0868. The van der Waals surface area contributed by atoms with Gasteiger partial charge in [-0.2, -0.15) is 0 Å². The van der Waals surface area contributed by atoms with Crippen LogP contribution in [0.25, 0.3) is 6.08 Å². The number of carbonyl (C=O) groups is 2. The lowest BCUT2D eigenvalue weighted by Crippen LogP contribution is -2.54. The summed E-state index contributed by atoms with van der Waals surface area (Å²) in [5.41, 5.74) is 1.67. The number of rotatable bonds is 2. The van der Waals surface area contributed by atoms with Crippen LogP contribution < -0.4 is 10.2 Å². The highest BCUT2D eigenvalue weighted by atomic mass is 32.1. The highest BCUT2D eigenvalue weighted by Crippen LogP contribution is 2.26. The summed E-state index contributed by atoms with van der Waals surface area (Å²) in [6, 6.07) is 11.3. The molecule has 4 nitrogen and oxygen atoms in total. The van der Waals surface area contributed by atoms with Crippen LogP contribution in [-0.2, 0) is 9.59 Å². The molecule has 1 aromatic heterocycles. The van der Waals surface area contributed by atoms with E-state index >= 15 is 0 Å². The van der Waals surface area contributed by atoms with Crippen LogP contribution >= 0.6 is 23.6 Å². The molecule has 1 fully saturated rings. The van der Waals surface area contributed by atoms with Gasteiger partial charge in [-0.15, -0.1) is 11.3 Å². The molecule has 0 aliphatic carbocycles. The van der Waals surface area contributed by atoms with Crippen molar-refractivity contribution in [3.63, 3.8) is 0 Å². The van der Waals surface area contributed by atoms with Crippen molar-refractivity contribution in [3.05, 3.63) is 57.3 Å². The first-order valence-corrected chi connectivity index (χ1v) is 8.23. The fourth-order valence-corrected chi connectivity index (χ4v) is 3.46. The minimum atomic E-state index is -0.462. The average Bonchev–Trinajstić information content (AvgIpc) is 2.91. The molecule has 0 radical (unpaired) electrons. The van der Waals surface area contributed by atoms with Gasteiger partial charge in [0, 0.05) is 9.75 Å². The van der Waals surface area contributed by atoms with Crippen molar-refractivity contribution in [1.82, 2.24) is 5.32 Å². The van der Waals surface area contributed by atoms with Gasteiger partial charge in [-0.25, -0.2) is 0 Å². The Hall–Kier alpha value is -2.31. The van der Waals surface area contributed by atoms with E-state index in [1.54, 1.807) is 6.08 Å². The van der Waals surface area contributed by atoms with Crippen molar-refractivity contribution < 1.29 is 9.59 Å². The summed E-state index contributed by atoms with van der Waals surface area (Å²) in [4.78, 5) is 28.4. The fraction of sp³-hybridized carbons (Fsp3) is 0.118. The Bertz CT molecular complexity index is 852. The Kier molecular flexibility index (Phi) is 4.11. The van der Waals surface area contributed by atoms with Crippen LogP contribution in [0.4, 0.5) is 5.69 Å². The summed E-state index contributed by atoms with van der Waals surface area (Å²) in [5, 5.41) is 2.70. The molecule has 1 N–H and O–H groups in total. The van der Waals surface area contributed by atoms with Gasteiger partial charge in [0.15, 0.2) is 5.11 Å². The molecule has 1 saturated heterocycles. The van der Waals surface area contributed by atoms with Crippen LogP contribution in [0.15, 0.2) is 42.0 Å². The average molecular weight is 342 g/mol. The monoisotopic (exact) mass is 342 g/mol. The molecular weight excluding hydrogens is 328 g/mol. The highest BCUT2D eigenvalue weighted by molar-refractivity contribution is 7.80. The van der Waals surface area contributed by atoms with Crippen LogP contribution in [0.5, 0.6) is 0 Å². The zero-order valence-electron chi connectivity index (χ0n) is 12.6. The van der Waals surface area contributed by atoms with Crippen molar-refractivity contribution in [2.45, 2.75) is 13.8 Å². The normalized spacial score (nSPS) is 16.9. The zero-order valence-corrected chi connectivity index (χ0v) is 14.3. The fourth-order valence-electron chi connectivity index (χ4n) is 2.36. The van der Waals surface area contributed by atoms with Crippen LogP contribution in [-0.4, -0.2) is 16.9 Å². The number of anilines is 1. The third-order valence-electron chi connectivity index (χ3n) is 3.51. The molecule has 0 unspecified atom stereocenters. The summed E-state index contributed by atoms with van der Waals surface area (Å²) in [7, 11) is 0. The van der Waals surface area contributed by atoms with E-state index in [0.29, 0.717) is 5.69 Å². The van der Waals surface area contributed by atoms with Gasteiger partial charge in [-0.1, -0.05) is 18.2 Å². The van der Waals surface area contributed by atoms with E-state index in [-0.39, 0.29) is 10.7 Å². The summed E-state index contributed by atoms with van der Waals surface area (Å²) >= 11 is 6.72. The molecule has 2 amide bonds. The first-order valence-electron chi connectivity index (χ1n) is 7.01. The van der Waals surface area contributed by atoms with Crippen LogP contribution in [0, 0.1) is 13.8 Å². The standard InChI is InChI=1S/C17H14N2O2S2/c1-10-5-3-4-6-14(10)19-16(21)13(15(20)18-17(19)22)9-12-8-7-11(2)23-12/h3-9H,1-2H3,(H,18,20,22). The third kappa shape index (κ3) is 2.95. The van der Waals surface area contributed by atoms with E-state index in [2.05, 4.69) is 5.32 Å². The quantitative estimate of drug-likeness (QED) is 0.518. The number of para-hydroxylation sites is 1. The van der Waals surface area contributed by atoms with E-state index in [1.165, 1.54) is 16.2 Å². The molecule has 1 aliphatic rings. The maximum Gasteiger partial charge on any atom is 0.270 e. The molecule has 0 saturated carbocycles. The van der Waals surface area contributed by atoms with Gasteiger partial charge in [0.05, 0.1) is 5.69 Å². The predicted octanol–water partition coefficient (Wildman–Crippen LogP) is 3.20. The van der Waals surface area contributed by atoms with Gasteiger partial charge in [0.1, 0.15) is 5.57 Å². The second kappa shape index (κ2) is 6.06. The van der Waals surface area contributed by atoms with Crippen LogP contribution in [0.1, 0.15) is 15.3 Å². The molecule has 2 heterocycles. The van der Waals surface area contributed by atoms with Gasteiger partial charge in [-0.05, 0) is 55.9 Å². The lowest BCUT2D eigenvalue weighted by atomic mass is 10.1. The molecular formula is C17H14N2O2S2. The van der Waals surface area contributed by atoms with Crippen molar-refractivity contribution in [3.8, 4) is 0 Å². The number of benzene rings is 1. The zero-order chi connectivity index (χ0) is 16.6. The number of aryl methyl sites for hydroxylation is 2. The summed E-state index contributed by atoms with van der Waals surface area (Å²) in [6.45, 7) is 3.87. The van der Waals surface area contributed by atoms with E-state index in [9.17, 15) is 9.59 Å². The topological polar surface area (TPSA) is 49.4 Å². The van der Waals surface area contributed by atoms with E-state index in [4.69, 9.17) is 12.2 Å². The van der Waals surface area contributed by atoms with Gasteiger partial charge in [-0.3, -0.25) is 19.8 Å². The molecule has 2 aromatic rings. The number of nitrogens with zero attached hydrogens (tertiary/aromatic N) is 1. The summed E-state index contributed by atoms with van der Waals surface area (Å²) in [6.07, 6.45) is 1.61. The van der Waals surface area contributed by atoms with E-state index < -0.39 is 11.8 Å². The Labute approximate surface area is 143 Å². The third-order valence-corrected chi connectivity index (χ3v) is 4.74. The van der Waals surface area contributed by atoms with Gasteiger partial charge in [0.2, 0.25) is 0 Å². The maximum absolute atomic E-state index is 12.8. The largest absolute Gasteiger partial charge is 0.298 e. The number of thiocarbonyl (C=S) groups is 1. The van der Waals surface area contributed by atoms with Crippen molar-refractivity contribution in [2.75, 3.05) is 4.90 Å². The molecule has 0 spiro atoms. The molecule has 6 heteroatoms. The second-order valence-electron chi connectivity index (χ2n) is 5.19. The van der Waals surface area contributed by atoms with Gasteiger partial charge in [0.25, 0.3) is 11.8 Å². The Morgan fingerprint density at radius 2 is 1.87 bits per heavy atom. The number of thiophene rings is 1. The van der Waals surface area contributed by atoms with E-state index in [0.717, 1.165) is 15.3 Å². The highest BCUT2D eigenvalue weighted by Gasteiger charge is 2.35. The molecule has 3 rings (SSSR count). The minimum Gasteiger partial charge on any atom is -0.298 e. The Balaban J connectivity index is 2.04. The molecule has 0 atom stereocenters. The summed E-state index contributed by atoms with van der Waals surface area (Å²) in [5.74, 6) is -0.866. The van der Waals surface area contributed by atoms with Crippen LogP contribution in [0.3, 0.4) is 0 Å². The summed E-state index contributed by atoms with van der Waals surface area (Å²) < 4.78 is 0. The SMILES string of the molecule is Cc1ccc(C=C2C(=O)NC(=S)N(c3ccccc3C)C2=O)s1. The number of nitrogens with one attached hydrogen (secondary N) is 1. The van der Waals surface area contributed by atoms with E-state index in [1.807, 2.05) is 50.2 Å². The number of amides is 2. The lowest BCUT2D eigenvalue weighted by Gasteiger charge is -2.29. The Morgan fingerprint density at radius 1 is 1.13 bits per heavy atom. The molecule has 116 valence electrons. The molecule has 1 aromatic carbocycles. The smallest absolute Gasteiger partial charge is 0.270 e. The number of carbonyl (C=O) groups excluding carboxylic acids is 2. The number of hydrogen-bond acceptors (Lipinski definition) is 4. The molecule has 0 bridgehead atoms. The maximum atomic E-state index is 12.8. The lowest BCUT2D eigenvalue weighted by molar-refractivity contribution is -0.122. The van der Waals surface area contributed by atoms with Crippen molar-refractivity contribution >= 4 is 52.2 Å². The van der Waals surface area contributed by atoms with Crippen molar-refractivity contribution in [2.24, 2.45) is 0 Å². The number of hydrogen-bond donors (Lipinski definition) is 1.